The minimum atomic E-state index is -0.504. The molecule has 2 aromatic carbocycles. The van der Waals surface area contributed by atoms with Crippen LogP contribution in [-0.4, -0.2) is 21.4 Å². The van der Waals surface area contributed by atoms with Crippen LogP contribution in [0.1, 0.15) is 32.1 Å². The van der Waals surface area contributed by atoms with Crippen molar-refractivity contribution >= 4 is 10.8 Å². The van der Waals surface area contributed by atoms with Gasteiger partial charge in [-0.25, -0.2) is 0 Å². The van der Waals surface area contributed by atoms with Gasteiger partial charge in [-0.1, -0.05) is 54.5 Å². The molecule has 1 N–H and O–H groups in total. The Morgan fingerprint density at radius 2 is 1.90 bits per heavy atom. The van der Waals surface area contributed by atoms with Crippen LogP contribution in [0.3, 0.4) is 0 Å². The lowest BCUT2D eigenvalue weighted by Crippen LogP contribution is -2.13. The third kappa shape index (κ3) is 2.54. The highest BCUT2D eigenvalue weighted by atomic mass is 16.5. The Bertz CT molecular complexity index is 744. The molecule has 0 aliphatic rings. The fourth-order valence-electron chi connectivity index (χ4n) is 2.64. The van der Waals surface area contributed by atoms with Gasteiger partial charge in [-0.15, -0.1) is 0 Å². The molecular formula is C17H18N2O2. The van der Waals surface area contributed by atoms with Gasteiger partial charge in [0.25, 0.3) is 0 Å². The lowest BCUT2D eigenvalue weighted by atomic mass is 10.0. The number of benzene rings is 2. The summed E-state index contributed by atoms with van der Waals surface area (Å²) in [5.74, 6) is 0.942. The smallest absolute Gasteiger partial charge is 0.232 e. The van der Waals surface area contributed by atoms with Gasteiger partial charge in [-0.2, -0.15) is 4.98 Å². The second-order valence-corrected chi connectivity index (χ2v) is 5.24. The van der Waals surface area contributed by atoms with Crippen molar-refractivity contribution in [3.63, 3.8) is 0 Å². The van der Waals surface area contributed by atoms with Gasteiger partial charge in [-0.05, 0) is 24.1 Å². The van der Waals surface area contributed by atoms with Crippen LogP contribution in [-0.2, 0) is 0 Å². The predicted octanol–water partition coefficient (Wildman–Crippen LogP) is 3.76. The lowest BCUT2D eigenvalue weighted by Gasteiger charge is -2.12. The van der Waals surface area contributed by atoms with E-state index in [2.05, 4.69) is 22.3 Å². The normalized spacial score (nSPS) is 14.2. The van der Waals surface area contributed by atoms with E-state index in [9.17, 15) is 5.11 Å². The number of fused-ring (bicyclic) bond motifs is 1. The van der Waals surface area contributed by atoms with Crippen molar-refractivity contribution in [1.82, 2.24) is 10.1 Å². The summed E-state index contributed by atoms with van der Waals surface area (Å²) in [5.41, 5.74) is 0.948. The largest absolute Gasteiger partial charge is 0.393 e. The van der Waals surface area contributed by atoms with Crippen molar-refractivity contribution in [2.45, 2.75) is 32.3 Å². The van der Waals surface area contributed by atoms with Gasteiger partial charge in [0.2, 0.25) is 11.7 Å². The standard InChI is InChI=1S/C17H18N2O2/c1-3-13(11(2)20)17-18-16(19-21-17)15-10-6-8-12-7-4-5-9-14(12)15/h4-11,13,20H,3H2,1-2H3. The van der Waals surface area contributed by atoms with Crippen LogP contribution in [0.5, 0.6) is 0 Å². The van der Waals surface area contributed by atoms with Crippen molar-refractivity contribution in [1.29, 1.82) is 0 Å². The molecule has 3 rings (SSSR count). The van der Waals surface area contributed by atoms with Gasteiger partial charge in [0.1, 0.15) is 0 Å². The molecule has 108 valence electrons. The monoisotopic (exact) mass is 282 g/mol. The fourth-order valence-corrected chi connectivity index (χ4v) is 2.64. The van der Waals surface area contributed by atoms with Crippen LogP contribution in [0.15, 0.2) is 47.0 Å². The molecular weight excluding hydrogens is 264 g/mol. The Morgan fingerprint density at radius 1 is 1.14 bits per heavy atom. The van der Waals surface area contributed by atoms with E-state index in [0.717, 1.165) is 22.8 Å². The Hall–Kier alpha value is -2.20. The van der Waals surface area contributed by atoms with Crippen LogP contribution in [0.2, 0.25) is 0 Å². The highest BCUT2D eigenvalue weighted by Crippen LogP contribution is 2.29. The summed E-state index contributed by atoms with van der Waals surface area (Å²) in [6.45, 7) is 3.75. The number of nitrogens with zero attached hydrogens (tertiary/aromatic N) is 2. The first kappa shape index (κ1) is 13.8. The van der Waals surface area contributed by atoms with Crippen molar-refractivity contribution in [3.05, 3.63) is 48.4 Å². The van der Waals surface area contributed by atoms with Gasteiger partial charge in [0.15, 0.2) is 0 Å². The molecule has 0 aliphatic carbocycles. The zero-order chi connectivity index (χ0) is 14.8. The molecule has 0 saturated carbocycles. The van der Waals surface area contributed by atoms with Gasteiger partial charge in [0, 0.05) is 5.56 Å². The van der Waals surface area contributed by atoms with Gasteiger partial charge in [-0.3, -0.25) is 0 Å². The number of hydrogen-bond donors (Lipinski definition) is 1. The Kier molecular flexibility index (Phi) is 3.71. The molecule has 1 aromatic heterocycles. The minimum Gasteiger partial charge on any atom is -0.393 e. The molecule has 0 amide bonds. The topological polar surface area (TPSA) is 59.2 Å². The van der Waals surface area contributed by atoms with Crippen LogP contribution >= 0.6 is 0 Å². The van der Waals surface area contributed by atoms with Gasteiger partial charge >= 0.3 is 0 Å². The molecule has 2 unspecified atom stereocenters. The molecule has 0 spiro atoms. The maximum atomic E-state index is 9.79. The zero-order valence-corrected chi connectivity index (χ0v) is 12.2. The van der Waals surface area contributed by atoms with Gasteiger partial charge in [0.05, 0.1) is 12.0 Å². The number of aliphatic hydroxyl groups excluding tert-OH is 1. The van der Waals surface area contributed by atoms with E-state index < -0.39 is 6.10 Å². The van der Waals surface area contributed by atoms with E-state index in [1.165, 1.54) is 0 Å². The van der Waals surface area contributed by atoms with Gasteiger partial charge < -0.3 is 9.63 Å². The second-order valence-electron chi connectivity index (χ2n) is 5.24. The second kappa shape index (κ2) is 5.66. The summed E-state index contributed by atoms with van der Waals surface area (Å²) in [6, 6.07) is 14.1. The highest BCUT2D eigenvalue weighted by molar-refractivity contribution is 5.94. The summed E-state index contributed by atoms with van der Waals surface area (Å²) in [6.07, 6.45) is 0.255. The summed E-state index contributed by atoms with van der Waals surface area (Å²) in [7, 11) is 0. The number of hydrogen-bond acceptors (Lipinski definition) is 4. The van der Waals surface area contributed by atoms with Crippen LogP contribution in [0.25, 0.3) is 22.2 Å². The quantitative estimate of drug-likeness (QED) is 0.791. The molecule has 0 bridgehead atoms. The van der Waals surface area contributed by atoms with Crippen molar-refractivity contribution < 1.29 is 9.63 Å². The Labute approximate surface area is 123 Å². The Morgan fingerprint density at radius 3 is 2.67 bits per heavy atom. The summed E-state index contributed by atoms with van der Waals surface area (Å²) in [4.78, 5) is 4.49. The molecule has 0 radical (unpaired) electrons. The molecule has 0 aliphatic heterocycles. The van der Waals surface area contributed by atoms with E-state index in [1.807, 2.05) is 37.3 Å². The first-order valence-corrected chi connectivity index (χ1v) is 7.20. The molecule has 4 nitrogen and oxygen atoms in total. The van der Waals surface area contributed by atoms with Crippen LogP contribution in [0.4, 0.5) is 0 Å². The Balaban J connectivity index is 2.06. The summed E-state index contributed by atoms with van der Waals surface area (Å²) in [5, 5.41) is 16.1. The fraction of sp³-hybridized carbons (Fsp3) is 0.294. The van der Waals surface area contributed by atoms with E-state index in [4.69, 9.17) is 4.52 Å². The maximum Gasteiger partial charge on any atom is 0.232 e. The number of rotatable bonds is 4. The van der Waals surface area contributed by atoms with E-state index in [-0.39, 0.29) is 5.92 Å². The molecule has 4 heteroatoms. The van der Waals surface area contributed by atoms with Crippen molar-refractivity contribution in [2.24, 2.45) is 0 Å². The van der Waals surface area contributed by atoms with Crippen LogP contribution in [0, 0.1) is 0 Å². The van der Waals surface area contributed by atoms with E-state index in [0.29, 0.717) is 11.7 Å². The molecule has 1 heterocycles. The van der Waals surface area contributed by atoms with E-state index >= 15 is 0 Å². The maximum absolute atomic E-state index is 9.79. The molecule has 2 atom stereocenters. The van der Waals surface area contributed by atoms with Crippen molar-refractivity contribution in [2.75, 3.05) is 0 Å². The highest BCUT2D eigenvalue weighted by Gasteiger charge is 2.22. The summed E-state index contributed by atoms with van der Waals surface area (Å²) < 4.78 is 5.36. The average molecular weight is 282 g/mol. The molecule has 0 fully saturated rings. The number of aliphatic hydroxyl groups is 1. The first-order chi connectivity index (χ1) is 10.2. The molecule has 3 aromatic rings. The van der Waals surface area contributed by atoms with E-state index in [1.54, 1.807) is 6.92 Å². The third-order valence-corrected chi connectivity index (χ3v) is 3.81. The first-order valence-electron chi connectivity index (χ1n) is 7.20. The SMILES string of the molecule is CCC(c1nc(-c2cccc3ccccc23)no1)C(C)O. The third-order valence-electron chi connectivity index (χ3n) is 3.81. The summed E-state index contributed by atoms with van der Waals surface area (Å²) >= 11 is 0. The predicted molar refractivity (Wildman–Crippen MR) is 82.0 cm³/mol. The average Bonchev–Trinajstić information content (AvgIpc) is 2.96. The minimum absolute atomic E-state index is 0.124. The van der Waals surface area contributed by atoms with Crippen LogP contribution < -0.4 is 0 Å². The molecule has 21 heavy (non-hydrogen) atoms. The number of aromatic nitrogens is 2. The molecule has 0 saturated heterocycles. The zero-order valence-electron chi connectivity index (χ0n) is 12.2. The lowest BCUT2D eigenvalue weighted by molar-refractivity contribution is 0.141. The van der Waals surface area contributed by atoms with Crippen molar-refractivity contribution in [3.8, 4) is 11.4 Å².